The highest BCUT2D eigenvalue weighted by Gasteiger charge is 2.45. The predicted octanol–water partition coefficient (Wildman–Crippen LogP) is 7.11. The van der Waals surface area contributed by atoms with E-state index in [-0.39, 0.29) is 11.3 Å². The van der Waals surface area contributed by atoms with E-state index in [4.69, 9.17) is 9.47 Å². The van der Waals surface area contributed by atoms with Crippen LogP contribution in [0.5, 0.6) is 11.5 Å². The Labute approximate surface area is 246 Å². The van der Waals surface area contributed by atoms with E-state index in [2.05, 4.69) is 6.92 Å². The van der Waals surface area contributed by atoms with Gasteiger partial charge in [-0.1, -0.05) is 98.3 Å². The summed E-state index contributed by atoms with van der Waals surface area (Å²) in [7, 11) is 0. The van der Waals surface area contributed by atoms with Gasteiger partial charge < -0.3 is 19.5 Å². The lowest BCUT2D eigenvalue weighted by atomic mass is 9.95. The topological polar surface area (TPSA) is 76.1 Å². The van der Waals surface area contributed by atoms with Crippen LogP contribution in [-0.2, 0) is 22.6 Å². The van der Waals surface area contributed by atoms with Crippen LogP contribution in [0.15, 0.2) is 115 Å². The first-order valence-electron chi connectivity index (χ1n) is 14.4. The summed E-state index contributed by atoms with van der Waals surface area (Å²) in [5.74, 6) is -0.279. The molecule has 0 aromatic heterocycles. The summed E-state index contributed by atoms with van der Waals surface area (Å²) in [6.45, 7) is 3.39. The summed E-state index contributed by atoms with van der Waals surface area (Å²) in [6.07, 6.45) is 2.49. The second kappa shape index (κ2) is 13.7. The standard InChI is InChI=1S/C36H35NO5/c1-2-3-23-41-31-16-10-15-29(24-31)34(38)32-33(37(36(40)35(32)39)22-21-26-11-6-4-7-12-26)28-17-19-30(20-18-28)42-25-27-13-8-5-9-14-27/h4-20,24,33,38H,2-3,21-23,25H2,1H3/b34-32+. The minimum atomic E-state index is -0.749. The first-order valence-corrected chi connectivity index (χ1v) is 14.4. The van der Waals surface area contributed by atoms with Crippen LogP contribution in [0.3, 0.4) is 0 Å². The molecule has 1 aliphatic heterocycles. The second-order valence-corrected chi connectivity index (χ2v) is 10.3. The third-order valence-corrected chi connectivity index (χ3v) is 7.34. The number of carbonyl (C=O) groups excluding carboxylic acids is 2. The Hall–Kier alpha value is -4.84. The van der Waals surface area contributed by atoms with Crippen molar-refractivity contribution in [1.29, 1.82) is 0 Å². The molecular formula is C36H35NO5. The third kappa shape index (κ3) is 6.72. The van der Waals surface area contributed by atoms with Crippen LogP contribution in [0.1, 0.15) is 48.1 Å². The summed E-state index contributed by atoms with van der Waals surface area (Å²) in [5, 5.41) is 11.5. The van der Waals surface area contributed by atoms with Crippen molar-refractivity contribution in [3.63, 3.8) is 0 Å². The van der Waals surface area contributed by atoms with E-state index in [0.29, 0.717) is 48.8 Å². The van der Waals surface area contributed by atoms with Gasteiger partial charge in [0.15, 0.2) is 0 Å². The van der Waals surface area contributed by atoms with Crippen molar-refractivity contribution in [2.45, 2.75) is 38.8 Å². The Balaban J connectivity index is 1.47. The predicted molar refractivity (Wildman–Crippen MR) is 163 cm³/mol. The van der Waals surface area contributed by atoms with Gasteiger partial charge in [0.05, 0.1) is 18.2 Å². The van der Waals surface area contributed by atoms with Crippen molar-refractivity contribution in [1.82, 2.24) is 4.90 Å². The minimum Gasteiger partial charge on any atom is -0.507 e. The normalized spacial score (nSPS) is 16.0. The molecule has 1 amide bonds. The molecular weight excluding hydrogens is 526 g/mol. The molecule has 5 rings (SSSR count). The molecule has 0 bridgehead atoms. The van der Waals surface area contributed by atoms with Gasteiger partial charge in [0.1, 0.15) is 23.9 Å². The van der Waals surface area contributed by atoms with Gasteiger partial charge in [0.2, 0.25) is 0 Å². The monoisotopic (exact) mass is 561 g/mol. The number of carbonyl (C=O) groups is 2. The first kappa shape index (κ1) is 28.7. The average molecular weight is 562 g/mol. The van der Waals surface area contributed by atoms with Gasteiger partial charge in [-0.2, -0.15) is 0 Å². The SMILES string of the molecule is CCCCOc1cccc(/C(O)=C2\C(=O)C(=O)N(CCc3ccccc3)C2c2ccc(OCc3ccccc3)cc2)c1. The molecule has 0 aliphatic carbocycles. The number of aliphatic hydroxyl groups excluding tert-OH is 1. The maximum Gasteiger partial charge on any atom is 0.295 e. The molecule has 214 valence electrons. The fraction of sp³-hybridized carbons (Fsp3) is 0.222. The highest BCUT2D eigenvalue weighted by molar-refractivity contribution is 6.46. The fourth-order valence-electron chi connectivity index (χ4n) is 5.06. The van der Waals surface area contributed by atoms with Crippen LogP contribution in [-0.4, -0.2) is 34.8 Å². The van der Waals surface area contributed by atoms with Crippen LogP contribution < -0.4 is 9.47 Å². The van der Waals surface area contributed by atoms with E-state index in [9.17, 15) is 14.7 Å². The average Bonchev–Trinajstić information content (AvgIpc) is 3.29. The molecule has 0 radical (unpaired) electrons. The Morgan fingerprint density at radius 1 is 0.786 bits per heavy atom. The number of aliphatic hydroxyl groups is 1. The molecule has 4 aromatic rings. The van der Waals surface area contributed by atoms with E-state index in [1.54, 1.807) is 23.1 Å². The molecule has 1 aliphatic rings. The third-order valence-electron chi connectivity index (χ3n) is 7.34. The number of hydrogen-bond acceptors (Lipinski definition) is 5. The minimum absolute atomic E-state index is 0.0664. The number of unbranched alkanes of at least 4 members (excludes halogenated alkanes) is 1. The molecule has 0 spiro atoms. The van der Waals surface area contributed by atoms with Gasteiger partial charge in [0.25, 0.3) is 11.7 Å². The number of rotatable bonds is 12. The molecule has 0 saturated carbocycles. The number of ketones is 1. The summed E-state index contributed by atoms with van der Waals surface area (Å²) in [4.78, 5) is 28.4. The molecule has 6 heteroatoms. The van der Waals surface area contributed by atoms with Gasteiger partial charge in [-0.3, -0.25) is 9.59 Å². The quantitative estimate of drug-likeness (QED) is 0.0864. The number of amides is 1. The van der Waals surface area contributed by atoms with Crippen LogP contribution in [0.2, 0.25) is 0 Å². The summed E-state index contributed by atoms with van der Waals surface area (Å²) < 4.78 is 11.8. The van der Waals surface area contributed by atoms with E-state index >= 15 is 0 Å². The van der Waals surface area contributed by atoms with Gasteiger partial charge in [-0.25, -0.2) is 0 Å². The van der Waals surface area contributed by atoms with Gasteiger partial charge in [0, 0.05) is 12.1 Å². The Kier molecular flexibility index (Phi) is 9.34. The molecule has 1 unspecified atom stereocenters. The van der Waals surface area contributed by atoms with E-state index in [1.807, 2.05) is 91.0 Å². The van der Waals surface area contributed by atoms with Gasteiger partial charge in [-0.05, 0) is 53.8 Å². The molecule has 1 atom stereocenters. The highest BCUT2D eigenvalue weighted by atomic mass is 16.5. The van der Waals surface area contributed by atoms with Crippen molar-refractivity contribution in [3.05, 3.63) is 137 Å². The lowest BCUT2D eigenvalue weighted by molar-refractivity contribution is -0.139. The van der Waals surface area contributed by atoms with E-state index in [1.165, 1.54) is 0 Å². The lowest BCUT2D eigenvalue weighted by Gasteiger charge is -2.25. The molecule has 42 heavy (non-hydrogen) atoms. The number of benzene rings is 4. The van der Waals surface area contributed by atoms with Crippen molar-refractivity contribution >= 4 is 17.4 Å². The maximum absolute atomic E-state index is 13.5. The molecule has 1 heterocycles. The van der Waals surface area contributed by atoms with Crippen molar-refractivity contribution in [3.8, 4) is 11.5 Å². The first-order chi connectivity index (χ1) is 20.5. The molecule has 6 nitrogen and oxygen atoms in total. The van der Waals surface area contributed by atoms with Gasteiger partial charge >= 0.3 is 0 Å². The number of likely N-dealkylation sites (tertiary alicyclic amines) is 1. The highest BCUT2D eigenvalue weighted by Crippen LogP contribution is 2.40. The Morgan fingerprint density at radius 3 is 2.17 bits per heavy atom. The maximum atomic E-state index is 13.5. The Bertz CT molecular complexity index is 1530. The Morgan fingerprint density at radius 2 is 1.48 bits per heavy atom. The number of Topliss-reactive ketones (excluding diaryl/α,β-unsaturated/α-hetero) is 1. The van der Waals surface area contributed by atoms with Crippen molar-refractivity contribution in [2.24, 2.45) is 0 Å². The van der Waals surface area contributed by atoms with E-state index in [0.717, 1.165) is 24.0 Å². The summed E-state index contributed by atoms with van der Waals surface area (Å²) >= 11 is 0. The molecule has 1 fully saturated rings. The van der Waals surface area contributed by atoms with Crippen molar-refractivity contribution < 1.29 is 24.2 Å². The summed E-state index contributed by atoms with van der Waals surface area (Å²) in [6, 6.07) is 33.4. The zero-order valence-electron chi connectivity index (χ0n) is 23.7. The lowest BCUT2D eigenvalue weighted by Crippen LogP contribution is -2.31. The smallest absolute Gasteiger partial charge is 0.295 e. The molecule has 1 saturated heterocycles. The van der Waals surface area contributed by atoms with Crippen LogP contribution in [0, 0.1) is 0 Å². The van der Waals surface area contributed by atoms with Crippen LogP contribution in [0.25, 0.3) is 5.76 Å². The van der Waals surface area contributed by atoms with Crippen LogP contribution in [0.4, 0.5) is 0 Å². The number of nitrogens with zero attached hydrogens (tertiary/aromatic N) is 1. The second-order valence-electron chi connectivity index (χ2n) is 10.3. The van der Waals surface area contributed by atoms with Gasteiger partial charge in [-0.15, -0.1) is 0 Å². The summed E-state index contributed by atoms with van der Waals surface area (Å²) in [5.41, 5.74) is 3.32. The zero-order valence-corrected chi connectivity index (χ0v) is 23.7. The molecule has 1 N–H and O–H groups in total. The van der Waals surface area contributed by atoms with Crippen LogP contribution >= 0.6 is 0 Å². The fourth-order valence-corrected chi connectivity index (χ4v) is 5.06. The zero-order chi connectivity index (χ0) is 29.3. The molecule has 4 aromatic carbocycles. The number of ether oxygens (including phenoxy) is 2. The van der Waals surface area contributed by atoms with Crippen molar-refractivity contribution in [2.75, 3.05) is 13.2 Å². The largest absolute Gasteiger partial charge is 0.507 e. The number of hydrogen-bond donors (Lipinski definition) is 1. The van der Waals surface area contributed by atoms with E-state index < -0.39 is 17.7 Å².